The van der Waals surface area contributed by atoms with Crippen LogP contribution in [0.15, 0.2) is 42.5 Å². The van der Waals surface area contributed by atoms with Crippen LogP contribution in [0.3, 0.4) is 0 Å². The van der Waals surface area contributed by atoms with Gasteiger partial charge in [0, 0.05) is 12.1 Å². The number of carbonyl (C=O) groups excluding carboxylic acids is 3. The second-order valence-corrected chi connectivity index (χ2v) is 8.48. The van der Waals surface area contributed by atoms with E-state index in [1.54, 1.807) is 43.3 Å². The standard InChI is InChI=1S/C22H18FN5O3S/c1-11-19(32-27-26-11)21(30)25-17-8-9-28-18(17)20(29)24-16-7-6-12(10-14(16)22(28)31)13-4-2-3-5-15(13)23/h2-7,10,17-18H,8-9H2,1H3,(H,24,29)(H,25,30). The Hall–Kier alpha value is -3.66. The van der Waals surface area contributed by atoms with Crippen molar-refractivity contribution in [1.82, 2.24) is 19.8 Å². The third-order valence-corrected chi connectivity index (χ3v) is 6.62. The van der Waals surface area contributed by atoms with Crippen molar-refractivity contribution in [3.8, 4) is 11.1 Å². The molecule has 0 saturated carbocycles. The first-order valence-corrected chi connectivity index (χ1v) is 10.8. The molecule has 10 heteroatoms. The Morgan fingerprint density at radius 2 is 2.03 bits per heavy atom. The summed E-state index contributed by atoms with van der Waals surface area (Å²) in [7, 11) is 0. The summed E-state index contributed by atoms with van der Waals surface area (Å²) < 4.78 is 18.0. The molecular weight excluding hydrogens is 433 g/mol. The Morgan fingerprint density at radius 3 is 2.78 bits per heavy atom. The molecule has 2 aliphatic rings. The monoisotopic (exact) mass is 451 g/mol. The van der Waals surface area contributed by atoms with E-state index in [2.05, 4.69) is 20.2 Å². The molecule has 1 aromatic heterocycles. The average molecular weight is 451 g/mol. The lowest BCUT2D eigenvalue weighted by atomic mass is 10.0. The molecule has 32 heavy (non-hydrogen) atoms. The number of rotatable bonds is 3. The Labute approximate surface area is 186 Å². The van der Waals surface area contributed by atoms with Crippen LogP contribution in [0.2, 0.25) is 0 Å². The number of hydrogen-bond donors (Lipinski definition) is 2. The first kappa shape index (κ1) is 20.3. The van der Waals surface area contributed by atoms with Crippen molar-refractivity contribution in [2.75, 3.05) is 11.9 Å². The predicted octanol–water partition coefficient (Wildman–Crippen LogP) is 2.62. The van der Waals surface area contributed by atoms with Crippen LogP contribution in [0.5, 0.6) is 0 Å². The van der Waals surface area contributed by atoms with E-state index < -0.39 is 17.9 Å². The van der Waals surface area contributed by atoms with E-state index in [0.29, 0.717) is 40.4 Å². The molecule has 2 aliphatic heterocycles. The van der Waals surface area contributed by atoms with E-state index in [1.807, 2.05) is 0 Å². The molecule has 3 aromatic rings. The van der Waals surface area contributed by atoms with Gasteiger partial charge in [-0.3, -0.25) is 14.4 Å². The molecule has 3 amide bonds. The minimum atomic E-state index is -0.850. The zero-order valence-corrected chi connectivity index (χ0v) is 17.8. The van der Waals surface area contributed by atoms with Gasteiger partial charge in [0.15, 0.2) is 0 Å². The number of aromatic nitrogens is 2. The van der Waals surface area contributed by atoms with Gasteiger partial charge in [-0.05, 0) is 48.6 Å². The summed E-state index contributed by atoms with van der Waals surface area (Å²) in [5.41, 5.74) is 2.07. The quantitative estimate of drug-likeness (QED) is 0.637. The van der Waals surface area contributed by atoms with Crippen molar-refractivity contribution in [3.05, 3.63) is 64.4 Å². The summed E-state index contributed by atoms with van der Waals surface area (Å²) in [5, 5.41) is 9.50. The summed E-state index contributed by atoms with van der Waals surface area (Å²) in [5.74, 6) is -1.48. The number of halogens is 1. The molecule has 2 aromatic carbocycles. The lowest BCUT2D eigenvalue weighted by Crippen LogP contribution is -2.51. The van der Waals surface area contributed by atoms with Gasteiger partial charge in [0.2, 0.25) is 5.91 Å². The number of amides is 3. The number of fused-ring (bicyclic) bond motifs is 2. The van der Waals surface area contributed by atoms with Gasteiger partial charge < -0.3 is 15.5 Å². The third-order valence-electron chi connectivity index (χ3n) is 5.79. The number of carbonyl (C=O) groups is 3. The lowest BCUT2D eigenvalue weighted by molar-refractivity contribution is -0.120. The van der Waals surface area contributed by atoms with Crippen LogP contribution in [-0.2, 0) is 4.79 Å². The van der Waals surface area contributed by atoms with Gasteiger partial charge in [-0.15, -0.1) is 5.10 Å². The van der Waals surface area contributed by atoms with E-state index in [9.17, 15) is 18.8 Å². The van der Waals surface area contributed by atoms with Gasteiger partial charge in [-0.25, -0.2) is 4.39 Å². The molecule has 5 rings (SSSR count). The molecule has 2 unspecified atom stereocenters. The summed E-state index contributed by atoms with van der Waals surface area (Å²) in [4.78, 5) is 40.9. The summed E-state index contributed by atoms with van der Waals surface area (Å²) >= 11 is 0.981. The Bertz CT molecular complexity index is 1260. The zero-order valence-electron chi connectivity index (χ0n) is 17.0. The van der Waals surface area contributed by atoms with Crippen LogP contribution >= 0.6 is 11.5 Å². The number of benzene rings is 2. The molecule has 2 atom stereocenters. The molecule has 3 heterocycles. The van der Waals surface area contributed by atoms with Gasteiger partial charge in [-0.2, -0.15) is 0 Å². The molecular formula is C22H18FN5O3S. The van der Waals surface area contributed by atoms with E-state index in [1.165, 1.54) is 11.0 Å². The topological polar surface area (TPSA) is 104 Å². The van der Waals surface area contributed by atoms with Crippen molar-refractivity contribution in [3.63, 3.8) is 0 Å². The van der Waals surface area contributed by atoms with Crippen molar-refractivity contribution in [2.45, 2.75) is 25.4 Å². The minimum absolute atomic E-state index is 0.288. The van der Waals surface area contributed by atoms with Crippen LogP contribution in [0.4, 0.5) is 10.1 Å². The van der Waals surface area contributed by atoms with Crippen LogP contribution in [0, 0.1) is 12.7 Å². The minimum Gasteiger partial charge on any atom is -0.346 e. The Morgan fingerprint density at radius 1 is 1.22 bits per heavy atom. The highest BCUT2D eigenvalue weighted by atomic mass is 32.1. The number of anilines is 1. The van der Waals surface area contributed by atoms with E-state index in [-0.39, 0.29) is 23.3 Å². The number of nitrogens with zero attached hydrogens (tertiary/aromatic N) is 3. The maximum Gasteiger partial charge on any atom is 0.265 e. The molecule has 8 nitrogen and oxygen atoms in total. The predicted molar refractivity (Wildman–Crippen MR) is 116 cm³/mol. The smallest absolute Gasteiger partial charge is 0.265 e. The zero-order chi connectivity index (χ0) is 22.4. The van der Waals surface area contributed by atoms with Crippen molar-refractivity contribution in [2.24, 2.45) is 0 Å². The van der Waals surface area contributed by atoms with Gasteiger partial charge in [0.1, 0.15) is 16.7 Å². The summed E-state index contributed by atoms with van der Waals surface area (Å²) in [6.07, 6.45) is 0.434. The normalized spacial score (nSPS) is 19.8. The molecule has 0 aliphatic carbocycles. The molecule has 2 N–H and O–H groups in total. The third kappa shape index (κ3) is 3.32. The van der Waals surface area contributed by atoms with Crippen molar-refractivity contribution < 1.29 is 18.8 Å². The lowest BCUT2D eigenvalue weighted by Gasteiger charge is -2.24. The fraction of sp³-hybridized carbons (Fsp3) is 0.227. The molecule has 0 bridgehead atoms. The SMILES string of the molecule is Cc1nnsc1C(=O)NC1CCN2C(=O)c3cc(-c4ccccc4F)ccc3NC(=O)C12. The number of hydrogen-bond acceptors (Lipinski definition) is 6. The fourth-order valence-corrected chi connectivity index (χ4v) is 4.78. The second kappa shape index (κ2) is 7.79. The fourth-order valence-electron chi connectivity index (χ4n) is 4.22. The molecule has 162 valence electrons. The molecule has 0 radical (unpaired) electrons. The van der Waals surface area contributed by atoms with Crippen LogP contribution in [-0.4, -0.2) is 50.8 Å². The van der Waals surface area contributed by atoms with Crippen LogP contribution < -0.4 is 10.6 Å². The van der Waals surface area contributed by atoms with E-state index >= 15 is 0 Å². The Balaban J connectivity index is 1.45. The maximum atomic E-state index is 14.3. The van der Waals surface area contributed by atoms with Crippen molar-refractivity contribution >= 4 is 34.9 Å². The highest BCUT2D eigenvalue weighted by Gasteiger charge is 2.45. The highest BCUT2D eigenvalue weighted by molar-refractivity contribution is 7.08. The van der Waals surface area contributed by atoms with Crippen LogP contribution in [0.1, 0.15) is 32.1 Å². The highest BCUT2D eigenvalue weighted by Crippen LogP contribution is 2.33. The second-order valence-electron chi connectivity index (χ2n) is 7.73. The Kier molecular flexibility index (Phi) is 4.93. The first-order chi connectivity index (χ1) is 15.4. The summed E-state index contributed by atoms with van der Waals surface area (Å²) in [6.45, 7) is 2.00. The average Bonchev–Trinajstić information content (AvgIpc) is 3.37. The first-order valence-electron chi connectivity index (χ1n) is 10.0. The van der Waals surface area contributed by atoms with Crippen LogP contribution in [0.25, 0.3) is 11.1 Å². The molecule has 1 saturated heterocycles. The maximum absolute atomic E-state index is 14.3. The van der Waals surface area contributed by atoms with Gasteiger partial charge in [0.25, 0.3) is 11.8 Å². The number of nitrogens with one attached hydrogen (secondary N) is 2. The molecule has 0 spiro atoms. The van der Waals surface area contributed by atoms with Gasteiger partial charge >= 0.3 is 0 Å². The molecule has 1 fully saturated rings. The van der Waals surface area contributed by atoms with Gasteiger partial charge in [0.05, 0.1) is 23.0 Å². The van der Waals surface area contributed by atoms with E-state index in [0.717, 1.165) is 11.5 Å². The number of aryl methyl sites for hydroxylation is 1. The summed E-state index contributed by atoms with van der Waals surface area (Å²) in [6, 6.07) is 9.78. The largest absolute Gasteiger partial charge is 0.346 e. The van der Waals surface area contributed by atoms with Gasteiger partial charge in [-0.1, -0.05) is 28.8 Å². The van der Waals surface area contributed by atoms with E-state index in [4.69, 9.17) is 0 Å². The van der Waals surface area contributed by atoms with Crippen molar-refractivity contribution in [1.29, 1.82) is 0 Å².